The molecule has 1 aliphatic rings. The van der Waals surface area contributed by atoms with Gasteiger partial charge in [-0.3, -0.25) is 4.79 Å². The molecule has 158 valence electrons. The monoisotopic (exact) mass is 416 g/mol. The molecule has 4 rings (SSSR count). The van der Waals surface area contributed by atoms with Gasteiger partial charge >= 0.3 is 5.97 Å². The molecule has 1 saturated heterocycles. The number of nitrogens with one attached hydrogen (secondary N) is 1. The molecule has 0 atom stereocenters. The van der Waals surface area contributed by atoms with Crippen molar-refractivity contribution < 1.29 is 19.8 Å². The van der Waals surface area contributed by atoms with E-state index in [1.807, 2.05) is 24.3 Å². The topological polar surface area (TPSA) is 89.9 Å². The summed E-state index contributed by atoms with van der Waals surface area (Å²) in [6.07, 6.45) is 3.33. The number of hydrogen-bond acceptors (Lipinski definition) is 4. The van der Waals surface area contributed by atoms with Crippen LogP contribution in [0, 0.1) is 0 Å². The number of carboxylic acids is 1. The summed E-state index contributed by atoms with van der Waals surface area (Å²) in [6.45, 7) is 1.77. The second-order valence-corrected chi connectivity index (χ2v) is 7.66. The van der Waals surface area contributed by atoms with Crippen molar-refractivity contribution in [1.82, 2.24) is 0 Å². The molecule has 1 amide bonds. The van der Waals surface area contributed by atoms with Gasteiger partial charge in [-0.15, -0.1) is 0 Å². The minimum Gasteiger partial charge on any atom is -0.508 e. The molecule has 0 aromatic heterocycles. The van der Waals surface area contributed by atoms with E-state index in [0.717, 1.165) is 42.7 Å². The molecule has 31 heavy (non-hydrogen) atoms. The summed E-state index contributed by atoms with van der Waals surface area (Å²) in [5, 5.41) is 21.7. The van der Waals surface area contributed by atoms with E-state index in [-0.39, 0.29) is 17.2 Å². The van der Waals surface area contributed by atoms with Gasteiger partial charge in [0.05, 0.1) is 16.9 Å². The third kappa shape index (κ3) is 4.69. The number of aromatic hydroxyl groups is 1. The van der Waals surface area contributed by atoms with Crippen LogP contribution >= 0.6 is 0 Å². The predicted molar refractivity (Wildman–Crippen MR) is 121 cm³/mol. The number of piperidine rings is 1. The van der Waals surface area contributed by atoms with Crippen molar-refractivity contribution in [2.24, 2.45) is 0 Å². The molecule has 0 saturated carbocycles. The molecule has 1 heterocycles. The number of carbonyl (C=O) groups is 2. The van der Waals surface area contributed by atoms with Crippen molar-refractivity contribution >= 4 is 23.3 Å². The number of hydrogen-bond donors (Lipinski definition) is 3. The number of rotatable bonds is 5. The zero-order valence-electron chi connectivity index (χ0n) is 17.0. The van der Waals surface area contributed by atoms with Crippen LogP contribution in [-0.2, 0) is 0 Å². The van der Waals surface area contributed by atoms with Crippen LogP contribution in [0.2, 0.25) is 0 Å². The first-order chi connectivity index (χ1) is 15.0. The highest BCUT2D eigenvalue weighted by molar-refractivity contribution is 6.07. The average molecular weight is 416 g/mol. The van der Waals surface area contributed by atoms with Gasteiger partial charge in [0.15, 0.2) is 0 Å². The van der Waals surface area contributed by atoms with Gasteiger partial charge in [0.1, 0.15) is 5.75 Å². The van der Waals surface area contributed by atoms with E-state index < -0.39 is 5.97 Å². The van der Waals surface area contributed by atoms with E-state index in [1.54, 1.807) is 36.4 Å². The molecular weight excluding hydrogens is 392 g/mol. The summed E-state index contributed by atoms with van der Waals surface area (Å²) < 4.78 is 0. The fraction of sp³-hybridized carbons (Fsp3) is 0.200. The smallest absolute Gasteiger partial charge is 0.335 e. The van der Waals surface area contributed by atoms with Crippen molar-refractivity contribution in [2.75, 3.05) is 23.3 Å². The quantitative estimate of drug-likeness (QED) is 0.545. The largest absolute Gasteiger partial charge is 0.508 e. The molecule has 0 spiro atoms. The molecule has 0 aliphatic carbocycles. The molecule has 0 unspecified atom stereocenters. The van der Waals surface area contributed by atoms with Gasteiger partial charge in [-0.1, -0.05) is 24.3 Å². The number of carbonyl (C=O) groups excluding carboxylic acids is 1. The van der Waals surface area contributed by atoms with Crippen molar-refractivity contribution in [3.63, 3.8) is 0 Å². The van der Waals surface area contributed by atoms with Gasteiger partial charge in [-0.05, 0) is 72.9 Å². The molecule has 3 aromatic rings. The first-order valence-electron chi connectivity index (χ1n) is 10.3. The van der Waals surface area contributed by atoms with Crippen LogP contribution in [0.5, 0.6) is 5.75 Å². The lowest BCUT2D eigenvalue weighted by Crippen LogP contribution is -2.30. The van der Waals surface area contributed by atoms with E-state index in [1.165, 1.54) is 12.5 Å². The summed E-state index contributed by atoms with van der Waals surface area (Å²) in [5.41, 5.74) is 3.84. The lowest BCUT2D eigenvalue weighted by Gasteiger charge is -2.30. The van der Waals surface area contributed by atoms with Crippen LogP contribution in [-0.4, -0.2) is 35.2 Å². The lowest BCUT2D eigenvalue weighted by molar-refractivity contribution is 0.0696. The lowest BCUT2D eigenvalue weighted by atomic mass is 10.0. The van der Waals surface area contributed by atoms with Crippen molar-refractivity contribution in [2.45, 2.75) is 19.3 Å². The Morgan fingerprint density at radius 1 is 0.774 bits per heavy atom. The number of amides is 1. The average Bonchev–Trinajstić information content (AvgIpc) is 2.80. The molecule has 1 fully saturated rings. The van der Waals surface area contributed by atoms with Crippen LogP contribution in [0.15, 0.2) is 66.7 Å². The first kappa shape index (κ1) is 20.5. The van der Waals surface area contributed by atoms with Crippen molar-refractivity contribution in [1.29, 1.82) is 0 Å². The zero-order valence-corrected chi connectivity index (χ0v) is 17.0. The van der Waals surface area contributed by atoms with Gasteiger partial charge < -0.3 is 20.4 Å². The van der Waals surface area contributed by atoms with Gasteiger partial charge in [-0.25, -0.2) is 4.79 Å². The maximum Gasteiger partial charge on any atom is 0.335 e. The predicted octanol–water partition coefficient (Wildman–Crippen LogP) is 5.00. The molecule has 0 bridgehead atoms. The van der Waals surface area contributed by atoms with Crippen LogP contribution in [0.3, 0.4) is 0 Å². The zero-order chi connectivity index (χ0) is 21.8. The Kier molecular flexibility index (Phi) is 5.89. The third-order valence-electron chi connectivity index (χ3n) is 5.54. The highest BCUT2D eigenvalue weighted by Gasteiger charge is 2.18. The van der Waals surface area contributed by atoms with Crippen LogP contribution < -0.4 is 10.2 Å². The first-order valence-corrected chi connectivity index (χ1v) is 10.3. The summed E-state index contributed by atoms with van der Waals surface area (Å²) in [6, 6.07) is 18.9. The van der Waals surface area contributed by atoms with E-state index in [0.29, 0.717) is 11.3 Å². The number of carboxylic acid groups (broad SMARTS) is 1. The van der Waals surface area contributed by atoms with E-state index in [9.17, 15) is 19.8 Å². The minimum atomic E-state index is -1.03. The molecular formula is C25H24N2O4. The Bertz CT molecular complexity index is 1090. The van der Waals surface area contributed by atoms with Gasteiger partial charge in [0.2, 0.25) is 0 Å². The maximum absolute atomic E-state index is 12.9. The van der Waals surface area contributed by atoms with Crippen LogP contribution in [0.25, 0.3) is 11.1 Å². The fourth-order valence-electron chi connectivity index (χ4n) is 3.84. The summed E-state index contributed by atoms with van der Waals surface area (Å²) in [7, 11) is 0. The molecule has 6 heteroatoms. The molecule has 6 nitrogen and oxygen atoms in total. The van der Waals surface area contributed by atoms with Crippen molar-refractivity contribution in [3.8, 4) is 16.9 Å². The highest BCUT2D eigenvalue weighted by Crippen LogP contribution is 2.30. The Hall–Kier alpha value is -3.80. The maximum atomic E-state index is 12.9. The third-order valence-corrected chi connectivity index (χ3v) is 5.54. The van der Waals surface area contributed by atoms with E-state index in [2.05, 4.69) is 10.2 Å². The Morgan fingerprint density at radius 2 is 1.35 bits per heavy atom. The summed E-state index contributed by atoms with van der Waals surface area (Å²) in [5.74, 6) is -1.12. The van der Waals surface area contributed by atoms with Crippen LogP contribution in [0.1, 0.15) is 40.0 Å². The van der Waals surface area contributed by atoms with E-state index >= 15 is 0 Å². The number of phenolic OH excluding ortho intramolecular Hbond substituents is 1. The second kappa shape index (κ2) is 8.92. The number of nitrogens with zero attached hydrogens (tertiary/aromatic N) is 1. The summed E-state index contributed by atoms with van der Waals surface area (Å²) in [4.78, 5) is 26.6. The number of benzene rings is 3. The number of anilines is 2. The number of phenols is 1. The Labute approximate surface area is 180 Å². The Morgan fingerprint density at radius 3 is 1.97 bits per heavy atom. The minimum absolute atomic E-state index is 0.138. The number of aromatic carboxylic acids is 1. The molecule has 1 aliphatic heterocycles. The normalized spacial score (nSPS) is 13.6. The molecule has 3 aromatic carbocycles. The van der Waals surface area contributed by atoms with Gasteiger partial charge in [-0.2, -0.15) is 0 Å². The molecule has 0 radical (unpaired) electrons. The van der Waals surface area contributed by atoms with Crippen LogP contribution in [0.4, 0.5) is 11.4 Å². The van der Waals surface area contributed by atoms with E-state index in [4.69, 9.17) is 0 Å². The SMILES string of the molecule is O=C(O)c1ccc(N2CCCCC2)c(NC(=O)c2ccc(-c3ccc(O)cc3)cc2)c1. The second-order valence-electron chi connectivity index (χ2n) is 7.66. The van der Waals surface area contributed by atoms with Crippen molar-refractivity contribution in [3.05, 3.63) is 77.9 Å². The Balaban J connectivity index is 1.57. The summed E-state index contributed by atoms with van der Waals surface area (Å²) >= 11 is 0. The van der Waals surface area contributed by atoms with Gasteiger partial charge in [0.25, 0.3) is 5.91 Å². The van der Waals surface area contributed by atoms with Gasteiger partial charge in [0, 0.05) is 18.7 Å². The molecule has 3 N–H and O–H groups in total. The highest BCUT2D eigenvalue weighted by atomic mass is 16.4. The fourth-order valence-corrected chi connectivity index (χ4v) is 3.84. The standard InChI is InChI=1S/C25H24N2O4/c28-21-11-8-18(9-12-21)17-4-6-19(7-5-17)24(29)26-22-16-20(25(30)31)10-13-23(22)27-14-2-1-3-15-27/h4-13,16,28H,1-3,14-15H2,(H,26,29)(H,30,31).